The predicted octanol–water partition coefficient (Wildman–Crippen LogP) is 4.96. The number of piperazine rings is 1. The molecule has 2 aromatic rings. The summed E-state index contributed by atoms with van der Waals surface area (Å²) in [4.78, 5) is 5.92. The van der Waals surface area contributed by atoms with E-state index in [9.17, 15) is 18.4 Å². The van der Waals surface area contributed by atoms with E-state index in [2.05, 4.69) is 4.90 Å². The summed E-state index contributed by atoms with van der Waals surface area (Å²) < 4.78 is 39.6. The Bertz CT molecular complexity index is 882. The van der Waals surface area contributed by atoms with Crippen LogP contribution in [0.25, 0.3) is 0 Å². The van der Waals surface area contributed by atoms with E-state index >= 15 is 0 Å². The van der Waals surface area contributed by atoms with Crippen molar-refractivity contribution in [2.75, 3.05) is 51.2 Å². The van der Waals surface area contributed by atoms with Crippen molar-refractivity contribution < 1.29 is 17.8 Å². The van der Waals surface area contributed by atoms with Crippen LogP contribution < -0.4 is 4.90 Å². The average Bonchev–Trinajstić information content (AvgIpc) is 2.69. The van der Waals surface area contributed by atoms with E-state index < -0.39 is 11.7 Å². The molecule has 1 fully saturated rings. The van der Waals surface area contributed by atoms with Crippen molar-refractivity contribution in [3.05, 3.63) is 53.2 Å². The van der Waals surface area contributed by atoms with Gasteiger partial charge in [-0.25, -0.2) is 0 Å². The molecule has 0 aliphatic carbocycles. The van der Waals surface area contributed by atoms with Crippen molar-refractivity contribution in [1.29, 1.82) is 0 Å². The van der Waals surface area contributed by atoms with Gasteiger partial charge < -0.3 is 14.8 Å². The van der Waals surface area contributed by atoms with Crippen molar-refractivity contribution in [2.24, 2.45) is 0 Å². The van der Waals surface area contributed by atoms with E-state index in [0.717, 1.165) is 34.6 Å². The zero-order valence-corrected chi connectivity index (χ0v) is 17.1. The highest BCUT2D eigenvalue weighted by Crippen LogP contribution is 2.49. The Labute approximate surface area is 173 Å². The first kappa shape index (κ1) is 20.5. The first-order valence-electron chi connectivity index (χ1n) is 9.76. The first-order valence-corrected chi connectivity index (χ1v) is 10.6. The molecule has 2 aromatic carbocycles. The Balaban J connectivity index is 1.57. The molecule has 29 heavy (non-hydrogen) atoms. The molecule has 2 aliphatic rings. The Hall–Kier alpha value is -1.74. The van der Waals surface area contributed by atoms with Crippen LogP contribution in [-0.2, 0) is 6.18 Å². The second-order valence-corrected chi connectivity index (χ2v) is 8.87. The molecule has 156 valence electrons. The van der Waals surface area contributed by atoms with Gasteiger partial charge in [-0.1, -0.05) is 23.9 Å². The highest BCUT2D eigenvalue weighted by molar-refractivity contribution is 7.99. The van der Waals surface area contributed by atoms with E-state index in [0.29, 0.717) is 38.3 Å². The van der Waals surface area contributed by atoms with Crippen LogP contribution in [0, 0.1) is 5.21 Å². The molecule has 0 radical (unpaired) electrons. The fourth-order valence-corrected chi connectivity index (χ4v) is 4.99. The van der Waals surface area contributed by atoms with Gasteiger partial charge in [0, 0.05) is 35.8 Å². The van der Waals surface area contributed by atoms with E-state index in [1.54, 1.807) is 6.07 Å². The second-order valence-electron chi connectivity index (χ2n) is 7.79. The van der Waals surface area contributed by atoms with Gasteiger partial charge in [0.15, 0.2) is 0 Å². The van der Waals surface area contributed by atoms with Gasteiger partial charge in [-0.05, 0) is 37.4 Å². The van der Waals surface area contributed by atoms with Crippen molar-refractivity contribution in [3.63, 3.8) is 0 Å². The number of benzene rings is 2. The molecule has 0 atom stereocenters. The zero-order valence-electron chi connectivity index (χ0n) is 16.3. The molecule has 4 nitrogen and oxygen atoms in total. The molecule has 0 saturated carbocycles. The zero-order chi connectivity index (χ0) is 20.6. The number of likely N-dealkylation sites (N-methyl/N-ethyl adjacent to an activating group) is 1. The maximum Gasteiger partial charge on any atom is 0.416 e. The molecular weight excluding hydrogens is 399 g/mol. The van der Waals surface area contributed by atoms with Gasteiger partial charge in [0.05, 0.1) is 36.6 Å². The number of para-hydroxylation sites is 1. The molecule has 8 heteroatoms. The minimum atomic E-state index is -4.38. The van der Waals surface area contributed by atoms with Crippen molar-refractivity contribution in [3.8, 4) is 0 Å². The molecule has 0 amide bonds. The summed E-state index contributed by atoms with van der Waals surface area (Å²) in [7, 11) is 2.01. The standard InChI is InChI=1S/C21H24F3N3OS/c1-25-10-13-27(28,14-11-25)12-4-9-26-17-5-2-3-6-19(17)29-20-8-7-16(15-18(20)26)21(22,23)24/h2-3,5-8,15H,4,9-14H2,1H3. The minimum absolute atomic E-state index is 0.218. The molecule has 0 aromatic heterocycles. The quantitative estimate of drug-likeness (QED) is 0.514. The van der Waals surface area contributed by atoms with Gasteiger partial charge in [0.25, 0.3) is 0 Å². The average molecular weight is 424 g/mol. The SMILES string of the molecule is CN1CC[N+]([O-])(CCCN2c3ccccc3Sc3ccc(C(F)(F)F)cc32)CC1. The Morgan fingerprint density at radius 3 is 2.45 bits per heavy atom. The predicted molar refractivity (Wildman–Crippen MR) is 109 cm³/mol. The van der Waals surface area contributed by atoms with Crippen molar-refractivity contribution >= 4 is 23.1 Å². The lowest BCUT2D eigenvalue weighted by molar-refractivity contribution is -0.885. The summed E-state index contributed by atoms with van der Waals surface area (Å²) in [5.41, 5.74) is 0.826. The molecular formula is C21H24F3N3OS. The fraction of sp³-hybridized carbons (Fsp3) is 0.429. The Morgan fingerprint density at radius 2 is 1.72 bits per heavy atom. The minimum Gasteiger partial charge on any atom is -0.633 e. The van der Waals surface area contributed by atoms with Crippen LogP contribution in [0.3, 0.4) is 0 Å². The normalized spacial score (nSPS) is 19.0. The van der Waals surface area contributed by atoms with Crippen LogP contribution in [0.4, 0.5) is 24.5 Å². The summed E-state index contributed by atoms with van der Waals surface area (Å²) >= 11 is 1.49. The lowest BCUT2D eigenvalue weighted by atomic mass is 10.1. The number of hydrogen-bond acceptors (Lipinski definition) is 4. The number of anilines is 2. The van der Waals surface area contributed by atoms with E-state index in [-0.39, 0.29) is 4.65 Å². The largest absolute Gasteiger partial charge is 0.633 e. The molecule has 2 heterocycles. The van der Waals surface area contributed by atoms with E-state index in [1.807, 2.05) is 36.2 Å². The third-order valence-corrected chi connectivity index (χ3v) is 6.81. The molecule has 0 spiro atoms. The van der Waals surface area contributed by atoms with Gasteiger partial charge >= 0.3 is 6.18 Å². The summed E-state index contributed by atoms with van der Waals surface area (Å²) in [6, 6.07) is 11.7. The van der Waals surface area contributed by atoms with Gasteiger partial charge in [-0.15, -0.1) is 0 Å². The van der Waals surface area contributed by atoms with Crippen LogP contribution >= 0.6 is 11.8 Å². The number of quaternary nitrogens is 1. The third-order valence-electron chi connectivity index (χ3n) is 5.68. The van der Waals surface area contributed by atoms with Gasteiger partial charge in [0.2, 0.25) is 0 Å². The molecule has 0 bridgehead atoms. The Morgan fingerprint density at radius 1 is 1.03 bits per heavy atom. The van der Waals surface area contributed by atoms with Crippen molar-refractivity contribution in [1.82, 2.24) is 4.90 Å². The lowest BCUT2D eigenvalue weighted by Gasteiger charge is -2.48. The maximum atomic E-state index is 13.3. The van der Waals surface area contributed by atoms with Crippen LogP contribution in [0.2, 0.25) is 0 Å². The van der Waals surface area contributed by atoms with E-state index in [4.69, 9.17) is 0 Å². The highest BCUT2D eigenvalue weighted by atomic mass is 32.2. The van der Waals surface area contributed by atoms with Crippen LogP contribution in [0.15, 0.2) is 52.3 Å². The van der Waals surface area contributed by atoms with Crippen LogP contribution in [-0.4, -0.2) is 55.9 Å². The summed E-state index contributed by atoms with van der Waals surface area (Å²) in [6.45, 7) is 3.70. The number of hydroxylamine groups is 3. The molecule has 2 aliphatic heterocycles. The highest BCUT2D eigenvalue weighted by Gasteiger charge is 2.33. The van der Waals surface area contributed by atoms with Gasteiger partial charge in [-0.3, -0.25) is 4.90 Å². The third kappa shape index (κ3) is 4.40. The van der Waals surface area contributed by atoms with E-state index in [1.165, 1.54) is 17.8 Å². The lowest BCUT2D eigenvalue weighted by Crippen LogP contribution is -2.55. The monoisotopic (exact) mass is 423 g/mol. The van der Waals surface area contributed by atoms with Crippen LogP contribution in [0.5, 0.6) is 0 Å². The van der Waals surface area contributed by atoms with Gasteiger partial charge in [0.1, 0.15) is 0 Å². The molecule has 1 saturated heterocycles. The number of rotatable bonds is 4. The molecule has 0 unspecified atom stereocenters. The second kappa shape index (κ2) is 7.83. The van der Waals surface area contributed by atoms with Gasteiger partial charge in [-0.2, -0.15) is 13.2 Å². The summed E-state index contributed by atoms with van der Waals surface area (Å²) in [6.07, 6.45) is -3.76. The summed E-state index contributed by atoms with van der Waals surface area (Å²) in [5, 5.41) is 12.9. The fourth-order valence-electron chi connectivity index (χ4n) is 3.92. The molecule has 0 N–H and O–H groups in total. The smallest absolute Gasteiger partial charge is 0.416 e. The topological polar surface area (TPSA) is 29.5 Å². The number of nitrogens with zero attached hydrogens (tertiary/aromatic N) is 3. The molecule has 4 rings (SSSR count). The van der Waals surface area contributed by atoms with Crippen molar-refractivity contribution in [2.45, 2.75) is 22.4 Å². The summed E-state index contributed by atoms with van der Waals surface area (Å²) in [5.74, 6) is 0. The van der Waals surface area contributed by atoms with Crippen LogP contribution in [0.1, 0.15) is 12.0 Å². The number of halogens is 3. The maximum absolute atomic E-state index is 13.3. The number of alkyl halides is 3. The number of fused-ring (bicyclic) bond motifs is 2. The first-order chi connectivity index (χ1) is 13.8. The number of hydrogen-bond donors (Lipinski definition) is 0. The Kier molecular flexibility index (Phi) is 5.54.